The molecule has 0 saturated heterocycles. The van der Waals surface area contributed by atoms with E-state index < -0.39 is 0 Å². The summed E-state index contributed by atoms with van der Waals surface area (Å²) >= 11 is 0. The fraction of sp³-hybridized carbons (Fsp3) is 0.450. The summed E-state index contributed by atoms with van der Waals surface area (Å²) in [5.74, 6) is 0.869. The first kappa shape index (κ1) is 18.3. The predicted octanol–water partition coefficient (Wildman–Crippen LogP) is 3.51. The fourth-order valence-electron chi connectivity index (χ4n) is 3.21. The molecule has 2 aromatic heterocycles. The van der Waals surface area contributed by atoms with Crippen LogP contribution in [0.15, 0.2) is 30.5 Å². The first-order valence-corrected chi connectivity index (χ1v) is 9.12. The van der Waals surface area contributed by atoms with Gasteiger partial charge in [0.1, 0.15) is 11.3 Å². The van der Waals surface area contributed by atoms with Crippen molar-refractivity contribution in [3.63, 3.8) is 0 Å². The van der Waals surface area contributed by atoms with Gasteiger partial charge in [0.15, 0.2) is 0 Å². The van der Waals surface area contributed by atoms with Gasteiger partial charge in [-0.2, -0.15) is 0 Å². The minimum absolute atomic E-state index is 0.128. The van der Waals surface area contributed by atoms with E-state index in [0.29, 0.717) is 19.6 Å². The molecule has 26 heavy (non-hydrogen) atoms. The van der Waals surface area contributed by atoms with Gasteiger partial charge in [-0.3, -0.25) is 9.78 Å². The number of para-hydroxylation sites is 1. The Labute approximate surface area is 153 Å². The second-order valence-electron chi connectivity index (χ2n) is 6.19. The number of imidazole rings is 1. The van der Waals surface area contributed by atoms with Crippen molar-refractivity contribution >= 4 is 27.9 Å². The van der Waals surface area contributed by atoms with Crippen molar-refractivity contribution in [3.05, 3.63) is 36.3 Å². The van der Waals surface area contributed by atoms with Crippen molar-refractivity contribution in [2.45, 2.75) is 39.2 Å². The number of aryl methyl sites for hydroxylation is 1. The van der Waals surface area contributed by atoms with E-state index in [0.717, 1.165) is 53.6 Å². The van der Waals surface area contributed by atoms with E-state index in [1.54, 1.807) is 7.11 Å². The van der Waals surface area contributed by atoms with E-state index in [9.17, 15) is 4.79 Å². The van der Waals surface area contributed by atoms with Crippen molar-refractivity contribution in [1.82, 2.24) is 14.5 Å². The van der Waals surface area contributed by atoms with Crippen LogP contribution in [0.4, 0.5) is 0 Å². The van der Waals surface area contributed by atoms with Crippen molar-refractivity contribution in [1.29, 1.82) is 0 Å². The zero-order valence-electron chi connectivity index (χ0n) is 15.4. The van der Waals surface area contributed by atoms with E-state index in [4.69, 9.17) is 14.5 Å². The van der Waals surface area contributed by atoms with Gasteiger partial charge in [-0.25, -0.2) is 4.98 Å². The topological polar surface area (TPSA) is 66.2 Å². The Morgan fingerprint density at radius 2 is 2.04 bits per heavy atom. The van der Waals surface area contributed by atoms with Crippen molar-refractivity contribution < 1.29 is 14.3 Å². The predicted molar refractivity (Wildman–Crippen MR) is 101 cm³/mol. The molecule has 3 aromatic rings. The molecule has 6 nitrogen and oxygen atoms in total. The van der Waals surface area contributed by atoms with E-state index in [1.165, 1.54) is 0 Å². The molecule has 0 N–H and O–H groups in total. The molecule has 0 amide bonds. The zero-order valence-corrected chi connectivity index (χ0v) is 15.4. The van der Waals surface area contributed by atoms with Gasteiger partial charge in [-0.15, -0.1) is 0 Å². The van der Waals surface area contributed by atoms with Crippen LogP contribution in [0.1, 0.15) is 32.0 Å². The van der Waals surface area contributed by atoms with Crippen LogP contribution in [-0.2, 0) is 27.2 Å². The molecule has 0 spiro atoms. The highest BCUT2D eigenvalue weighted by molar-refractivity contribution is 6.02. The highest BCUT2D eigenvalue weighted by Gasteiger charge is 2.14. The third-order valence-electron chi connectivity index (χ3n) is 4.41. The van der Waals surface area contributed by atoms with Gasteiger partial charge in [0, 0.05) is 31.9 Å². The summed E-state index contributed by atoms with van der Waals surface area (Å²) < 4.78 is 12.5. The third kappa shape index (κ3) is 4.02. The number of carbonyl (C=O) groups is 1. The number of rotatable bonds is 9. The highest BCUT2D eigenvalue weighted by atomic mass is 16.5. The molecular weight excluding hydrogens is 330 g/mol. The summed E-state index contributed by atoms with van der Waals surface area (Å²) in [5.41, 5.74) is 2.98. The molecule has 0 aliphatic rings. The van der Waals surface area contributed by atoms with Crippen LogP contribution in [0.25, 0.3) is 21.9 Å². The number of carbonyl (C=O) groups excluding carboxylic acids is 1. The number of unbranched alkanes of at least 4 members (excludes halogenated alkanes) is 1. The molecule has 0 atom stereocenters. The van der Waals surface area contributed by atoms with Gasteiger partial charge >= 0.3 is 5.97 Å². The number of aromatic nitrogens is 3. The van der Waals surface area contributed by atoms with E-state index >= 15 is 0 Å². The molecule has 0 fully saturated rings. The summed E-state index contributed by atoms with van der Waals surface area (Å²) in [5, 5.41) is 1.10. The van der Waals surface area contributed by atoms with Gasteiger partial charge in [0.2, 0.25) is 0 Å². The molecule has 0 radical (unpaired) electrons. The Bertz CT molecular complexity index is 889. The number of esters is 1. The first-order chi connectivity index (χ1) is 12.7. The molecule has 1 aromatic carbocycles. The summed E-state index contributed by atoms with van der Waals surface area (Å²) in [6.45, 7) is 3.70. The highest BCUT2D eigenvalue weighted by Crippen LogP contribution is 2.25. The lowest BCUT2D eigenvalue weighted by molar-refractivity contribution is -0.143. The van der Waals surface area contributed by atoms with Gasteiger partial charge in [-0.1, -0.05) is 18.2 Å². The average Bonchev–Trinajstić information content (AvgIpc) is 3.01. The molecule has 0 bridgehead atoms. The van der Waals surface area contributed by atoms with Crippen molar-refractivity contribution in [3.8, 4) is 0 Å². The summed E-state index contributed by atoms with van der Waals surface area (Å²) in [6.07, 6.45) is 4.72. The number of nitrogens with zero attached hydrogens (tertiary/aromatic N) is 3. The number of hydrogen-bond donors (Lipinski definition) is 0. The standard InChI is InChI=1S/C20H25N3O3/c1-3-26-19(24)10-6-7-12-23-18(11-13-25-2)22-17-14-21-16-9-5-4-8-15(16)20(17)23/h4-5,8-9,14H,3,6-7,10-13H2,1-2H3. The number of pyridine rings is 1. The van der Waals surface area contributed by atoms with E-state index in [-0.39, 0.29) is 5.97 Å². The number of fused-ring (bicyclic) bond motifs is 3. The van der Waals surface area contributed by atoms with E-state index in [2.05, 4.69) is 15.6 Å². The maximum absolute atomic E-state index is 11.5. The molecule has 0 aliphatic heterocycles. The molecule has 138 valence electrons. The molecule has 3 rings (SSSR count). The smallest absolute Gasteiger partial charge is 0.305 e. The van der Waals surface area contributed by atoms with Gasteiger partial charge in [0.05, 0.1) is 30.4 Å². The lowest BCUT2D eigenvalue weighted by atomic mass is 10.2. The first-order valence-electron chi connectivity index (χ1n) is 9.12. The minimum Gasteiger partial charge on any atom is -0.466 e. The number of benzene rings is 1. The molecule has 0 unspecified atom stereocenters. The fourth-order valence-corrected chi connectivity index (χ4v) is 3.21. The minimum atomic E-state index is -0.128. The Hall–Kier alpha value is -2.47. The lowest BCUT2D eigenvalue weighted by Crippen LogP contribution is -2.08. The number of ether oxygens (including phenoxy) is 2. The Balaban J connectivity index is 1.87. The maximum atomic E-state index is 11.5. The Kier molecular flexibility index (Phi) is 6.17. The summed E-state index contributed by atoms with van der Waals surface area (Å²) in [6, 6.07) is 8.12. The largest absolute Gasteiger partial charge is 0.466 e. The van der Waals surface area contributed by atoms with Crippen LogP contribution in [0, 0.1) is 0 Å². The Morgan fingerprint density at radius 3 is 2.85 bits per heavy atom. The molecule has 0 aliphatic carbocycles. The van der Waals surface area contributed by atoms with Crippen LogP contribution < -0.4 is 0 Å². The van der Waals surface area contributed by atoms with Crippen molar-refractivity contribution in [2.75, 3.05) is 20.3 Å². The van der Waals surface area contributed by atoms with Crippen LogP contribution in [-0.4, -0.2) is 40.8 Å². The summed E-state index contributed by atoms with van der Waals surface area (Å²) in [4.78, 5) is 20.8. The van der Waals surface area contributed by atoms with Crippen LogP contribution >= 0.6 is 0 Å². The quantitative estimate of drug-likeness (QED) is 0.434. The van der Waals surface area contributed by atoms with Crippen molar-refractivity contribution in [2.24, 2.45) is 0 Å². The maximum Gasteiger partial charge on any atom is 0.305 e. The number of hydrogen-bond acceptors (Lipinski definition) is 5. The monoisotopic (exact) mass is 355 g/mol. The molecule has 2 heterocycles. The van der Waals surface area contributed by atoms with Crippen LogP contribution in [0.2, 0.25) is 0 Å². The van der Waals surface area contributed by atoms with Crippen LogP contribution in [0.3, 0.4) is 0 Å². The second-order valence-corrected chi connectivity index (χ2v) is 6.19. The molecule has 6 heteroatoms. The Morgan fingerprint density at radius 1 is 1.19 bits per heavy atom. The third-order valence-corrected chi connectivity index (χ3v) is 4.41. The lowest BCUT2D eigenvalue weighted by Gasteiger charge is -2.10. The number of methoxy groups -OCH3 is 1. The van der Waals surface area contributed by atoms with Gasteiger partial charge < -0.3 is 14.0 Å². The molecule has 0 saturated carbocycles. The SMILES string of the molecule is CCOC(=O)CCCCn1c(CCOC)nc2cnc3ccccc3c21. The van der Waals surface area contributed by atoms with E-state index in [1.807, 2.05) is 31.3 Å². The van der Waals surface area contributed by atoms with Gasteiger partial charge in [0.25, 0.3) is 0 Å². The second kappa shape index (κ2) is 8.76. The van der Waals surface area contributed by atoms with Crippen LogP contribution in [0.5, 0.6) is 0 Å². The van der Waals surface area contributed by atoms with Gasteiger partial charge in [-0.05, 0) is 25.8 Å². The zero-order chi connectivity index (χ0) is 18.4. The molecular formula is C20H25N3O3. The summed E-state index contributed by atoms with van der Waals surface area (Å²) in [7, 11) is 1.70. The average molecular weight is 355 g/mol. The normalized spacial score (nSPS) is 11.3.